The van der Waals surface area contributed by atoms with Gasteiger partial charge in [-0.1, -0.05) is 18.2 Å². The summed E-state index contributed by atoms with van der Waals surface area (Å²) in [5, 5.41) is 18.3. The van der Waals surface area contributed by atoms with Crippen molar-refractivity contribution >= 4 is 24.0 Å². The molecule has 0 unspecified atom stereocenters. The van der Waals surface area contributed by atoms with Gasteiger partial charge in [0.25, 0.3) is 6.47 Å². The number of hydrogen-bond donors (Lipinski definition) is 2. The second kappa shape index (κ2) is 8.05. The topological polar surface area (TPSA) is 122 Å². The third-order valence-electron chi connectivity index (χ3n) is 5.80. The van der Waals surface area contributed by atoms with Crippen molar-refractivity contribution in [3.8, 4) is 0 Å². The van der Waals surface area contributed by atoms with Crippen LogP contribution in [0.4, 0.5) is 5.69 Å². The molecule has 3 aromatic rings. The quantitative estimate of drug-likeness (QED) is 0.611. The number of amides is 2. The highest BCUT2D eigenvalue weighted by molar-refractivity contribution is 6.07. The third-order valence-corrected chi connectivity index (χ3v) is 5.80. The molecule has 31 heavy (non-hydrogen) atoms. The monoisotopic (exact) mass is 422 g/mol. The largest absolute Gasteiger partial charge is 0.483 e. The van der Waals surface area contributed by atoms with Gasteiger partial charge < -0.3 is 15.3 Å². The minimum absolute atomic E-state index is 0.0584. The second-order valence-electron chi connectivity index (χ2n) is 7.47. The molecule has 5 rings (SSSR count). The van der Waals surface area contributed by atoms with Crippen LogP contribution in [0.25, 0.3) is 0 Å². The van der Waals surface area contributed by atoms with E-state index in [1.807, 2.05) is 37.5 Å². The predicted molar refractivity (Wildman–Crippen MR) is 110 cm³/mol. The molecule has 10 heteroatoms. The fourth-order valence-corrected chi connectivity index (χ4v) is 4.62. The number of aryl methyl sites for hydroxylation is 1. The maximum Gasteiger partial charge on any atom is 0.290 e. The Hall–Kier alpha value is -3.95. The van der Waals surface area contributed by atoms with E-state index in [4.69, 9.17) is 9.90 Å². The van der Waals surface area contributed by atoms with Crippen LogP contribution in [0.15, 0.2) is 55.1 Å². The van der Waals surface area contributed by atoms with Crippen LogP contribution in [-0.2, 0) is 33.4 Å². The van der Waals surface area contributed by atoms with Crippen LogP contribution in [0.5, 0.6) is 0 Å². The average Bonchev–Trinajstić information content (AvgIpc) is 3.52. The van der Waals surface area contributed by atoms with Crippen molar-refractivity contribution in [2.24, 2.45) is 7.05 Å². The van der Waals surface area contributed by atoms with Crippen molar-refractivity contribution < 1.29 is 19.5 Å². The number of para-hydroxylation sites is 1. The highest BCUT2D eigenvalue weighted by Crippen LogP contribution is 2.54. The van der Waals surface area contributed by atoms with E-state index >= 15 is 0 Å². The van der Waals surface area contributed by atoms with Gasteiger partial charge in [0.2, 0.25) is 11.8 Å². The SMILES string of the molecule is Cn1cc([C@@H]2N(C(=O)Cn3cccn3)CC[C@]23C(=O)Nc2ccccc23)cn1.O=CO. The molecular weight excluding hydrogens is 400 g/mol. The van der Waals surface area contributed by atoms with Gasteiger partial charge in [-0.05, 0) is 24.1 Å². The number of likely N-dealkylation sites (tertiary alicyclic amines) is 1. The summed E-state index contributed by atoms with van der Waals surface area (Å²) in [6.45, 7) is 0.393. The molecule has 1 aromatic carbocycles. The smallest absolute Gasteiger partial charge is 0.290 e. The van der Waals surface area contributed by atoms with Gasteiger partial charge in [0.1, 0.15) is 12.0 Å². The molecule has 2 aliphatic rings. The average molecular weight is 422 g/mol. The molecule has 2 N–H and O–H groups in total. The molecule has 0 saturated carbocycles. The number of carbonyl (C=O) groups is 3. The maximum atomic E-state index is 13.2. The molecule has 2 atom stereocenters. The Morgan fingerprint density at radius 1 is 1.32 bits per heavy atom. The zero-order chi connectivity index (χ0) is 22.0. The van der Waals surface area contributed by atoms with Crippen LogP contribution in [0, 0.1) is 0 Å². The summed E-state index contributed by atoms with van der Waals surface area (Å²) in [7, 11) is 1.84. The van der Waals surface area contributed by atoms with E-state index < -0.39 is 11.5 Å². The minimum Gasteiger partial charge on any atom is -0.483 e. The molecule has 4 heterocycles. The van der Waals surface area contributed by atoms with E-state index in [0.717, 1.165) is 16.8 Å². The lowest BCUT2D eigenvalue weighted by atomic mass is 9.73. The van der Waals surface area contributed by atoms with Gasteiger partial charge in [0.15, 0.2) is 0 Å². The van der Waals surface area contributed by atoms with Crippen LogP contribution >= 0.6 is 0 Å². The van der Waals surface area contributed by atoms with Crippen molar-refractivity contribution in [1.82, 2.24) is 24.5 Å². The number of nitrogens with zero attached hydrogens (tertiary/aromatic N) is 5. The van der Waals surface area contributed by atoms with Gasteiger partial charge in [-0.2, -0.15) is 10.2 Å². The van der Waals surface area contributed by atoms with Gasteiger partial charge in [0, 0.05) is 43.4 Å². The number of anilines is 1. The van der Waals surface area contributed by atoms with Crippen molar-refractivity contribution in [1.29, 1.82) is 0 Å². The highest BCUT2D eigenvalue weighted by Gasteiger charge is 2.59. The Kier molecular flexibility index (Phi) is 5.28. The van der Waals surface area contributed by atoms with Gasteiger partial charge in [-0.3, -0.25) is 23.7 Å². The first-order chi connectivity index (χ1) is 15.0. The van der Waals surface area contributed by atoms with Crippen molar-refractivity contribution in [2.45, 2.75) is 24.4 Å². The summed E-state index contributed by atoms with van der Waals surface area (Å²) in [5.74, 6) is -0.122. The minimum atomic E-state index is -0.806. The molecule has 2 aliphatic heterocycles. The summed E-state index contributed by atoms with van der Waals surface area (Å²) >= 11 is 0. The first-order valence-electron chi connectivity index (χ1n) is 9.75. The number of carbonyl (C=O) groups excluding carboxylic acids is 2. The van der Waals surface area contributed by atoms with E-state index in [2.05, 4.69) is 15.5 Å². The molecule has 10 nitrogen and oxygen atoms in total. The van der Waals surface area contributed by atoms with Crippen LogP contribution < -0.4 is 5.32 Å². The van der Waals surface area contributed by atoms with Crippen molar-refractivity contribution in [3.63, 3.8) is 0 Å². The van der Waals surface area contributed by atoms with Crippen LogP contribution in [-0.4, -0.2) is 54.4 Å². The van der Waals surface area contributed by atoms with Gasteiger partial charge >= 0.3 is 0 Å². The molecule has 2 aromatic heterocycles. The molecule has 1 saturated heterocycles. The number of aromatic nitrogens is 4. The lowest BCUT2D eigenvalue weighted by Crippen LogP contribution is -2.43. The van der Waals surface area contributed by atoms with E-state index in [1.165, 1.54) is 0 Å². The summed E-state index contributed by atoms with van der Waals surface area (Å²) in [4.78, 5) is 36.6. The van der Waals surface area contributed by atoms with Crippen molar-refractivity contribution in [3.05, 3.63) is 66.2 Å². The van der Waals surface area contributed by atoms with Gasteiger partial charge in [0.05, 0.1) is 12.2 Å². The summed E-state index contributed by atoms with van der Waals surface area (Å²) in [6.07, 6.45) is 7.62. The third kappa shape index (κ3) is 3.35. The Morgan fingerprint density at radius 3 is 2.77 bits per heavy atom. The van der Waals surface area contributed by atoms with Crippen molar-refractivity contribution in [2.75, 3.05) is 11.9 Å². The standard InChI is InChI=1S/C20H20N6O2.CH2O2/c1-24-12-14(11-22-24)18-20(15-5-2-3-6-16(15)23-19(20)28)7-10-26(18)17(27)13-25-9-4-8-21-25;2-1-3/h2-6,8-9,11-12,18H,7,10,13H2,1H3,(H,23,28);1H,(H,2,3)/t18-,20+;/m0./s1. The molecule has 0 radical (unpaired) electrons. The molecule has 160 valence electrons. The molecule has 0 aliphatic carbocycles. The summed E-state index contributed by atoms with van der Waals surface area (Å²) < 4.78 is 3.31. The first kappa shape index (κ1) is 20.3. The lowest BCUT2D eigenvalue weighted by Gasteiger charge is -2.33. The molecule has 1 fully saturated rings. The summed E-state index contributed by atoms with van der Waals surface area (Å²) in [6, 6.07) is 9.13. The zero-order valence-corrected chi connectivity index (χ0v) is 16.9. The number of nitrogens with one attached hydrogen (secondary N) is 1. The fraction of sp³-hybridized carbons (Fsp3) is 0.286. The molecular formula is C21H22N6O4. The van der Waals surface area contributed by atoms with Crippen LogP contribution in [0.3, 0.4) is 0 Å². The number of hydrogen-bond acceptors (Lipinski definition) is 5. The normalized spacial score (nSPS) is 21.4. The van der Waals surface area contributed by atoms with Gasteiger partial charge in [-0.25, -0.2) is 0 Å². The predicted octanol–water partition coefficient (Wildman–Crippen LogP) is 1.18. The molecule has 0 bridgehead atoms. The van der Waals surface area contributed by atoms with Gasteiger partial charge in [-0.15, -0.1) is 0 Å². The summed E-state index contributed by atoms with van der Waals surface area (Å²) in [5.41, 5.74) is 1.83. The van der Waals surface area contributed by atoms with E-state index in [9.17, 15) is 9.59 Å². The Balaban J connectivity index is 0.000000730. The number of rotatable bonds is 3. The number of benzene rings is 1. The zero-order valence-electron chi connectivity index (χ0n) is 16.9. The number of carboxylic acid groups (broad SMARTS) is 1. The fourth-order valence-electron chi connectivity index (χ4n) is 4.62. The van der Waals surface area contributed by atoms with E-state index in [0.29, 0.717) is 13.0 Å². The molecule has 2 amide bonds. The second-order valence-corrected chi connectivity index (χ2v) is 7.47. The van der Waals surface area contributed by atoms with Crippen LogP contribution in [0.2, 0.25) is 0 Å². The molecule has 1 spiro atoms. The van der Waals surface area contributed by atoms with E-state index in [1.54, 1.807) is 38.9 Å². The Morgan fingerprint density at radius 2 is 2.10 bits per heavy atom. The lowest BCUT2D eigenvalue weighted by molar-refractivity contribution is -0.134. The van der Waals surface area contributed by atoms with Crippen LogP contribution in [0.1, 0.15) is 23.6 Å². The Bertz CT molecular complexity index is 1110. The number of fused-ring (bicyclic) bond motifs is 2. The maximum absolute atomic E-state index is 13.2. The van der Waals surface area contributed by atoms with E-state index in [-0.39, 0.29) is 24.8 Å². The first-order valence-corrected chi connectivity index (χ1v) is 9.75. The Labute approximate surface area is 178 Å². The highest BCUT2D eigenvalue weighted by atomic mass is 16.3.